The zero-order valence-corrected chi connectivity index (χ0v) is 4.86. The number of carbonyl (C=O) groups is 1. The molecule has 0 aromatic rings. The summed E-state index contributed by atoms with van der Waals surface area (Å²) in [6.07, 6.45) is 0.821. The number of hydrogen-bond acceptors (Lipinski definition) is 2. The van der Waals surface area contributed by atoms with Crippen LogP contribution in [0.5, 0.6) is 0 Å². The van der Waals surface area contributed by atoms with Gasteiger partial charge in [-0.3, -0.25) is 0 Å². The summed E-state index contributed by atoms with van der Waals surface area (Å²) in [6.45, 7) is 0.436. The fourth-order valence-electron chi connectivity index (χ4n) is 0.113. The third kappa shape index (κ3) is 4.11. The molecular formula is C3H6BrNO. The zero-order valence-electron chi connectivity index (χ0n) is 3.28. The molecule has 0 aromatic heterocycles. The molecule has 0 atom stereocenters. The van der Waals surface area contributed by atoms with E-state index in [9.17, 15) is 4.79 Å². The predicted octanol–water partition coefficient (Wildman–Crippen LogP) is 0.127. The van der Waals surface area contributed by atoms with E-state index in [1.807, 2.05) is 0 Å². The minimum absolute atomic E-state index is 0.436. The van der Waals surface area contributed by atoms with E-state index in [4.69, 9.17) is 0 Å². The molecule has 0 rings (SSSR count). The molecule has 0 aliphatic rings. The Morgan fingerprint density at radius 2 is 2.50 bits per heavy atom. The number of nitrogens with one attached hydrogen (secondary N) is 1. The average Bonchev–Trinajstić information content (AvgIpc) is 1.61. The van der Waals surface area contributed by atoms with Gasteiger partial charge in [-0.15, -0.1) is 0 Å². The second-order valence-electron chi connectivity index (χ2n) is 0.754. The fourth-order valence-corrected chi connectivity index (χ4v) is 0.342. The van der Waals surface area contributed by atoms with Gasteiger partial charge in [0.2, 0.25) is 0 Å². The fraction of sp³-hybridized carbons (Fsp3) is 0.667. The number of hydrogen-bond donors (Lipinski definition) is 1. The summed E-state index contributed by atoms with van der Waals surface area (Å²) >= 11 is 3.08. The molecule has 0 aliphatic heterocycles. The van der Waals surface area contributed by atoms with E-state index in [0.29, 0.717) is 12.0 Å². The van der Waals surface area contributed by atoms with Crippen molar-refractivity contribution in [2.45, 2.75) is 0 Å². The van der Waals surface area contributed by atoms with Crippen molar-refractivity contribution in [1.82, 2.24) is 5.32 Å². The highest BCUT2D eigenvalue weighted by atomic mass is 79.9. The summed E-state index contributed by atoms with van der Waals surface area (Å²) in [5.41, 5.74) is 0.686. The third-order valence-corrected chi connectivity index (χ3v) is 0.719. The van der Waals surface area contributed by atoms with E-state index < -0.39 is 0 Å². The molecule has 0 fully saturated rings. The molecule has 0 saturated heterocycles. The standard InChI is InChI=1S/C3H6BrNO/c4-3-5-1-2-6/h2,5H,1,3H2. The largest absolute Gasteiger partial charge is 0.302 e. The van der Waals surface area contributed by atoms with Crippen LogP contribution in [0.1, 0.15) is 0 Å². The quantitative estimate of drug-likeness (QED) is 0.269. The Morgan fingerprint density at radius 3 is 2.67 bits per heavy atom. The van der Waals surface area contributed by atoms with Crippen LogP contribution in [0.4, 0.5) is 0 Å². The summed E-state index contributed by atoms with van der Waals surface area (Å²) in [5, 5.41) is 2.75. The van der Waals surface area contributed by atoms with Crippen molar-refractivity contribution in [3.63, 3.8) is 0 Å². The van der Waals surface area contributed by atoms with Crippen LogP contribution in [0.25, 0.3) is 0 Å². The lowest BCUT2D eigenvalue weighted by molar-refractivity contribution is -0.107. The van der Waals surface area contributed by atoms with Gasteiger partial charge in [-0.1, -0.05) is 15.9 Å². The SMILES string of the molecule is O=CCNCBr. The number of aldehydes is 1. The second-order valence-corrected chi connectivity index (χ2v) is 1.32. The molecule has 0 saturated carbocycles. The topological polar surface area (TPSA) is 29.1 Å². The second kappa shape index (κ2) is 5.11. The Balaban J connectivity index is 2.49. The van der Waals surface area contributed by atoms with Crippen LogP contribution in [0.2, 0.25) is 0 Å². The smallest absolute Gasteiger partial charge is 0.133 e. The Labute approximate surface area is 45.0 Å². The van der Waals surface area contributed by atoms with E-state index in [2.05, 4.69) is 21.2 Å². The lowest BCUT2D eigenvalue weighted by atomic mass is 10.7. The summed E-state index contributed by atoms with van der Waals surface area (Å²) in [7, 11) is 0. The van der Waals surface area contributed by atoms with Crippen molar-refractivity contribution < 1.29 is 4.79 Å². The summed E-state index contributed by atoms with van der Waals surface area (Å²) in [6, 6.07) is 0. The zero-order chi connectivity index (χ0) is 4.83. The average molecular weight is 152 g/mol. The molecule has 0 amide bonds. The number of rotatable bonds is 3. The van der Waals surface area contributed by atoms with E-state index in [-0.39, 0.29) is 0 Å². The Morgan fingerprint density at radius 1 is 1.83 bits per heavy atom. The van der Waals surface area contributed by atoms with E-state index in [1.165, 1.54) is 0 Å². The summed E-state index contributed by atoms with van der Waals surface area (Å²) in [4.78, 5) is 9.48. The van der Waals surface area contributed by atoms with Crippen LogP contribution in [0, 0.1) is 0 Å². The van der Waals surface area contributed by atoms with Gasteiger partial charge in [0.25, 0.3) is 0 Å². The molecule has 6 heavy (non-hydrogen) atoms. The molecule has 1 N–H and O–H groups in total. The molecule has 3 heteroatoms. The van der Waals surface area contributed by atoms with Crippen LogP contribution >= 0.6 is 15.9 Å². The van der Waals surface area contributed by atoms with Crippen molar-refractivity contribution in [3.05, 3.63) is 0 Å². The molecule has 0 heterocycles. The van der Waals surface area contributed by atoms with Crippen molar-refractivity contribution in [2.24, 2.45) is 0 Å². The van der Waals surface area contributed by atoms with Gasteiger partial charge in [-0.05, 0) is 0 Å². The lowest BCUT2D eigenvalue weighted by Gasteiger charge is -1.84. The van der Waals surface area contributed by atoms with Crippen LogP contribution in [-0.2, 0) is 4.79 Å². The lowest BCUT2D eigenvalue weighted by Crippen LogP contribution is -2.12. The first-order valence-corrected chi connectivity index (χ1v) is 2.74. The van der Waals surface area contributed by atoms with Gasteiger partial charge in [-0.2, -0.15) is 0 Å². The van der Waals surface area contributed by atoms with Crippen LogP contribution in [0.15, 0.2) is 0 Å². The van der Waals surface area contributed by atoms with Crippen LogP contribution in [-0.4, -0.2) is 18.3 Å². The van der Waals surface area contributed by atoms with Gasteiger partial charge >= 0.3 is 0 Å². The minimum Gasteiger partial charge on any atom is -0.302 e. The monoisotopic (exact) mass is 151 g/mol. The highest BCUT2D eigenvalue weighted by Crippen LogP contribution is 1.66. The van der Waals surface area contributed by atoms with Crippen molar-refractivity contribution in [3.8, 4) is 0 Å². The molecule has 0 bridgehead atoms. The number of carbonyl (C=O) groups excluding carboxylic acids is 1. The van der Waals surface area contributed by atoms with E-state index in [0.717, 1.165) is 6.29 Å². The maximum Gasteiger partial charge on any atom is 0.133 e. The van der Waals surface area contributed by atoms with Gasteiger partial charge in [0, 0.05) is 0 Å². The normalized spacial score (nSPS) is 8.17. The van der Waals surface area contributed by atoms with Gasteiger partial charge < -0.3 is 10.1 Å². The summed E-state index contributed by atoms with van der Waals surface area (Å²) < 4.78 is 0. The molecule has 2 nitrogen and oxygen atoms in total. The first-order chi connectivity index (χ1) is 2.91. The molecule has 0 aromatic carbocycles. The predicted molar refractivity (Wildman–Crippen MR) is 27.9 cm³/mol. The van der Waals surface area contributed by atoms with Gasteiger partial charge in [0.05, 0.1) is 12.0 Å². The van der Waals surface area contributed by atoms with Crippen LogP contribution < -0.4 is 5.32 Å². The molecule has 0 aliphatic carbocycles. The van der Waals surface area contributed by atoms with Crippen molar-refractivity contribution >= 4 is 22.2 Å². The highest BCUT2D eigenvalue weighted by Gasteiger charge is 1.71. The Bertz CT molecular complexity index is 39.8. The Hall–Kier alpha value is 0.110. The van der Waals surface area contributed by atoms with Crippen molar-refractivity contribution in [1.29, 1.82) is 0 Å². The number of halogens is 1. The maximum atomic E-state index is 9.48. The molecule has 0 spiro atoms. The molecule has 0 unspecified atom stereocenters. The number of alkyl halides is 1. The molecule has 36 valence electrons. The van der Waals surface area contributed by atoms with Crippen LogP contribution in [0.3, 0.4) is 0 Å². The maximum absolute atomic E-state index is 9.48. The van der Waals surface area contributed by atoms with E-state index in [1.54, 1.807) is 0 Å². The van der Waals surface area contributed by atoms with Crippen molar-refractivity contribution in [2.75, 3.05) is 12.0 Å². The van der Waals surface area contributed by atoms with Gasteiger partial charge in [0.15, 0.2) is 0 Å². The minimum atomic E-state index is 0.436. The third-order valence-electron chi connectivity index (χ3n) is 0.322. The molecule has 0 radical (unpaired) electrons. The highest BCUT2D eigenvalue weighted by molar-refractivity contribution is 9.09. The first kappa shape index (κ1) is 6.11. The van der Waals surface area contributed by atoms with Gasteiger partial charge in [-0.25, -0.2) is 0 Å². The first-order valence-electron chi connectivity index (χ1n) is 1.62. The summed E-state index contributed by atoms with van der Waals surface area (Å²) in [5.74, 6) is 0. The van der Waals surface area contributed by atoms with E-state index >= 15 is 0 Å². The van der Waals surface area contributed by atoms with Gasteiger partial charge in [0.1, 0.15) is 6.29 Å². The Kier molecular flexibility index (Phi) is 5.20. The molecular weight excluding hydrogens is 146 g/mol.